The first-order valence-corrected chi connectivity index (χ1v) is 11.1. The summed E-state index contributed by atoms with van der Waals surface area (Å²) in [5.41, 5.74) is 4.09. The minimum Gasteiger partial charge on any atom is -0.480 e. The van der Waals surface area contributed by atoms with Crippen LogP contribution in [0.25, 0.3) is 0 Å². The maximum Gasteiger partial charge on any atom is 0.327 e. The van der Waals surface area contributed by atoms with Gasteiger partial charge in [0, 0.05) is 23.8 Å². The molecule has 0 bridgehead atoms. The van der Waals surface area contributed by atoms with Crippen LogP contribution in [0.5, 0.6) is 0 Å². The quantitative estimate of drug-likeness (QED) is 0.292. The molecular weight excluding hydrogens is 387 g/mol. The third-order valence-electron chi connectivity index (χ3n) is 4.30. The number of rotatable bonds is 13. The highest BCUT2D eigenvalue weighted by Gasteiger charge is 2.17. The molecule has 1 aromatic rings. The molecule has 0 aliphatic heterocycles. The fourth-order valence-corrected chi connectivity index (χ4v) is 3.56. The first-order chi connectivity index (χ1) is 13.8. The fourth-order valence-electron chi connectivity index (χ4n) is 2.56. The van der Waals surface area contributed by atoms with Crippen LogP contribution in [0.3, 0.4) is 0 Å². The van der Waals surface area contributed by atoms with Gasteiger partial charge >= 0.3 is 5.97 Å². The third-order valence-corrected chi connectivity index (χ3v) is 5.27. The van der Waals surface area contributed by atoms with Gasteiger partial charge in [-0.3, -0.25) is 0 Å². The number of aromatic nitrogens is 1. The van der Waals surface area contributed by atoms with Crippen LogP contribution in [-0.2, 0) is 4.79 Å². The molecular formula is C23H33FN2O2S. The first kappa shape index (κ1) is 25.0. The van der Waals surface area contributed by atoms with E-state index in [2.05, 4.69) is 56.2 Å². The normalized spacial score (nSPS) is 13.1. The molecule has 1 aromatic heterocycles. The van der Waals surface area contributed by atoms with Gasteiger partial charge in [-0.15, -0.1) is 0 Å². The van der Waals surface area contributed by atoms with E-state index in [4.69, 9.17) is 0 Å². The third kappa shape index (κ3) is 12.2. The Kier molecular flexibility index (Phi) is 12.0. The Morgan fingerprint density at radius 2 is 1.83 bits per heavy atom. The zero-order chi connectivity index (χ0) is 21.6. The van der Waals surface area contributed by atoms with Crippen molar-refractivity contribution < 1.29 is 14.3 Å². The number of thioether (sulfide) groups is 1. The summed E-state index contributed by atoms with van der Waals surface area (Å²) in [6.07, 6.45) is 12.3. The lowest BCUT2D eigenvalue weighted by atomic mass is 10.1. The van der Waals surface area contributed by atoms with E-state index < -0.39 is 17.8 Å². The number of hydrogen-bond acceptors (Lipinski definition) is 4. The van der Waals surface area contributed by atoms with Crippen LogP contribution in [0.2, 0.25) is 0 Å². The summed E-state index contributed by atoms with van der Waals surface area (Å²) in [5, 5.41) is 12.1. The van der Waals surface area contributed by atoms with Crippen molar-refractivity contribution in [1.82, 2.24) is 4.98 Å². The predicted molar refractivity (Wildman–Crippen MR) is 122 cm³/mol. The molecule has 1 rings (SSSR count). The molecule has 0 radical (unpaired) electrons. The highest BCUT2D eigenvalue weighted by molar-refractivity contribution is 7.99. The SMILES string of the molecule is CC(C)=CCC/C(C)=C/CC/C(C)=C/CSCC(Nc1cc(F)ccn1)C(=O)O. The molecule has 2 N–H and O–H groups in total. The predicted octanol–water partition coefficient (Wildman–Crippen LogP) is 6.24. The second-order valence-corrected chi connectivity index (χ2v) is 8.47. The van der Waals surface area contributed by atoms with Crippen molar-refractivity contribution in [2.45, 2.75) is 59.4 Å². The number of hydrogen-bond donors (Lipinski definition) is 2. The molecule has 0 amide bonds. The van der Waals surface area contributed by atoms with E-state index in [9.17, 15) is 14.3 Å². The van der Waals surface area contributed by atoms with Crippen molar-refractivity contribution >= 4 is 23.5 Å². The Morgan fingerprint density at radius 3 is 2.45 bits per heavy atom. The Balaban J connectivity index is 2.34. The van der Waals surface area contributed by atoms with Gasteiger partial charge in [0.25, 0.3) is 0 Å². The summed E-state index contributed by atoms with van der Waals surface area (Å²) in [4.78, 5) is 15.4. The minimum absolute atomic E-state index is 0.233. The second kappa shape index (κ2) is 14.0. The lowest BCUT2D eigenvalue weighted by molar-refractivity contribution is -0.137. The van der Waals surface area contributed by atoms with Crippen LogP contribution in [-0.4, -0.2) is 33.6 Å². The summed E-state index contributed by atoms with van der Waals surface area (Å²) in [5.74, 6) is -0.0637. The van der Waals surface area contributed by atoms with Crippen LogP contribution in [0.15, 0.2) is 53.3 Å². The van der Waals surface area contributed by atoms with Crippen LogP contribution in [0.1, 0.15) is 53.4 Å². The number of nitrogens with zero attached hydrogens (tertiary/aromatic N) is 1. The van der Waals surface area contributed by atoms with Gasteiger partial charge in [0.2, 0.25) is 0 Å². The van der Waals surface area contributed by atoms with E-state index >= 15 is 0 Å². The van der Waals surface area contributed by atoms with E-state index in [0.717, 1.165) is 31.4 Å². The summed E-state index contributed by atoms with van der Waals surface area (Å²) in [6.45, 7) is 8.54. The summed E-state index contributed by atoms with van der Waals surface area (Å²) in [7, 11) is 0. The molecule has 0 spiro atoms. The smallest absolute Gasteiger partial charge is 0.327 e. The second-order valence-electron chi connectivity index (χ2n) is 7.39. The van der Waals surface area contributed by atoms with E-state index in [0.29, 0.717) is 5.75 Å². The summed E-state index contributed by atoms with van der Waals surface area (Å²) < 4.78 is 13.2. The molecule has 1 unspecified atom stereocenters. The molecule has 160 valence electrons. The minimum atomic E-state index is -0.974. The Labute approximate surface area is 178 Å². The van der Waals surface area contributed by atoms with Gasteiger partial charge in [0.1, 0.15) is 17.7 Å². The molecule has 0 aliphatic rings. The molecule has 6 heteroatoms. The van der Waals surface area contributed by atoms with Crippen LogP contribution in [0, 0.1) is 5.82 Å². The number of nitrogens with one attached hydrogen (secondary N) is 1. The zero-order valence-electron chi connectivity index (χ0n) is 17.9. The molecule has 0 aromatic carbocycles. The van der Waals surface area contributed by atoms with Gasteiger partial charge in [-0.2, -0.15) is 11.8 Å². The number of halogens is 1. The molecule has 0 fully saturated rings. The monoisotopic (exact) mass is 420 g/mol. The topological polar surface area (TPSA) is 62.2 Å². The number of pyridine rings is 1. The Bertz CT molecular complexity index is 740. The van der Waals surface area contributed by atoms with Gasteiger partial charge < -0.3 is 10.4 Å². The molecule has 0 aliphatic carbocycles. The van der Waals surface area contributed by atoms with Gasteiger partial charge in [-0.25, -0.2) is 14.2 Å². The number of aliphatic carboxylic acids is 1. The van der Waals surface area contributed by atoms with Crippen molar-refractivity contribution in [2.75, 3.05) is 16.8 Å². The van der Waals surface area contributed by atoms with Gasteiger partial charge in [0.05, 0.1) is 0 Å². The average Bonchev–Trinajstić information content (AvgIpc) is 2.63. The zero-order valence-corrected chi connectivity index (χ0v) is 18.7. The van der Waals surface area contributed by atoms with E-state index in [1.807, 2.05) is 0 Å². The highest BCUT2D eigenvalue weighted by Crippen LogP contribution is 2.14. The number of carboxylic acids is 1. The van der Waals surface area contributed by atoms with Crippen LogP contribution >= 0.6 is 11.8 Å². The van der Waals surface area contributed by atoms with E-state index in [1.54, 1.807) is 0 Å². The highest BCUT2D eigenvalue weighted by atomic mass is 32.2. The Morgan fingerprint density at radius 1 is 1.17 bits per heavy atom. The number of anilines is 1. The number of allylic oxidation sites excluding steroid dienone is 5. The fraction of sp³-hybridized carbons (Fsp3) is 0.478. The van der Waals surface area contributed by atoms with Gasteiger partial charge in [-0.05, 0) is 59.4 Å². The maximum absolute atomic E-state index is 13.2. The molecule has 0 saturated carbocycles. The number of carboxylic acid groups (broad SMARTS) is 1. The van der Waals surface area contributed by atoms with Crippen LogP contribution < -0.4 is 5.32 Å². The standard InChI is InChI=1S/C23H33FN2O2S/c1-17(2)7-5-8-18(3)9-6-10-19(4)12-14-29-16-21(23(27)28)26-22-15-20(24)11-13-25-22/h7,9,11-13,15,21H,5-6,8,10,14,16H2,1-4H3,(H,25,26)(H,27,28)/b18-9+,19-12+. The Hall–Kier alpha value is -2.08. The molecule has 29 heavy (non-hydrogen) atoms. The van der Waals surface area contributed by atoms with Crippen molar-refractivity contribution in [1.29, 1.82) is 0 Å². The summed E-state index contributed by atoms with van der Waals surface area (Å²) in [6, 6.07) is 1.61. The lowest BCUT2D eigenvalue weighted by Gasteiger charge is -2.14. The van der Waals surface area contributed by atoms with Crippen molar-refractivity contribution in [3.63, 3.8) is 0 Å². The molecule has 0 saturated heterocycles. The van der Waals surface area contributed by atoms with Gasteiger partial charge in [-0.1, -0.05) is 34.9 Å². The van der Waals surface area contributed by atoms with Crippen molar-refractivity contribution in [3.8, 4) is 0 Å². The van der Waals surface area contributed by atoms with Gasteiger partial charge in [0.15, 0.2) is 0 Å². The maximum atomic E-state index is 13.2. The van der Waals surface area contributed by atoms with E-state index in [1.165, 1.54) is 46.8 Å². The first-order valence-electron chi connectivity index (χ1n) is 9.91. The number of carbonyl (C=O) groups is 1. The molecule has 1 heterocycles. The largest absolute Gasteiger partial charge is 0.480 e. The van der Waals surface area contributed by atoms with Crippen molar-refractivity contribution in [2.24, 2.45) is 0 Å². The van der Waals surface area contributed by atoms with Crippen molar-refractivity contribution in [3.05, 3.63) is 59.1 Å². The van der Waals surface area contributed by atoms with Crippen LogP contribution in [0.4, 0.5) is 10.2 Å². The lowest BCUT2D eigenvalue weighted by Crippen LogP contribution is -2.32. The summed E-state index contributed by atoms with van der Waals surface area (Å²) >= 11 is 1.53. The average molecular weight is 421 g/mol. The molecule has 1 atom stereocenters. The molecule has 4 nitrogen and oxygen atoms in total. The van der Waals surface area contributed by atoms with E-state index in [-0.39, 0.29) is 5.82 Å².